The molecule has 41 heavy (non-hydrogen) atoms. The third-order valence-electron chi connectivity index (χ3n) is 8.25. The summed E-state index contributed by atoms with van der Waals surface area (Å²) in [6.07, 6.45) is 3.40. The second-order valence-electron chi connectivity index (χ2n) is 12.1. The molecule has 0 bridgehead atoms. The molecule has 11 heteroatoms. The Morgan fingerprint density at radius 2 is 1.95 bits per heavy atom. The molecule has 3 aromatic rings. The van der Waals surface area contributed by atoms with Gasteiger partial charge in [0.05, 0.1) is 0 Å². The van der Waals surface area contributed by atoms with Crippen LogP contribution in [0.15, 0.2) is 52.3 Å². The highest BCUT2D eigenvalue weighted by atomic mass is 32.2. The Morgan fingerprint density at radius 3 is 2.63 bits per heavy atom. The van der Waals surface area contributed by atoms with Gasteiger partial charge < -0.3 is 20.7 Å². The maximum Gasteiger partial charge on any atom is 0.258 e. The first-order valence-electron chi connectivity index (χ1n) is 13.9. The number of pyridine rings is 1. The minimum atomic E-state index is -4.00. The summed E-state index contributed by atoms with van der Waals surface area (Å²) in [5.74, 6) is -0.901. The highest BCUT2D eigenvalue weighted by Crippen LogP contribution is 2.42. The Morgan fingerprint density at radius 1 is 1.20 bits per heavy atom. The Bertz CT molecular complexity index is 1670. The van der Waals surface area contributed by atoms with Gasteiger partial charge in [0, 0.05) is 72.2 Å². The summed E-state index contributed by atoms with van der Waals surface area (Å²) in [5.41, 5.74) is 6.41. The van der Waals surface area contributed by atoms with Crippen LogP contribution in [0.1, 0.15) is 60.5 Å². The Labute approximate surface area is 239 Å². The third kappa shape index (κ3) is 5.68. The smallest absolute Gasteiger partial charge is 0.258 e. The van der Waals surface area contributed by atoms with Gasteiger partial charge in [-0.05, 0) is 61.6 Å². The predicted octanol–water partition coefficient (Wildman–Crippen LogP) is 2.87. The summed E-state index contributed by atoms with van der Waals surface area (Å²) in [6, 6.07) is 9.01. The molecule has 0 spiro atoms. The molecule has 2 heterocycles. The summed E-state index contributed by atoms with van der Waals surface area (Å²) < 4.78 is 44.9. The van der Waals surface area contributed by atoms with Crippen molar-refractivity contribution in [2.24, 2.45) is 11.1 Å². The quantitative estimate of drug-likeness (QED) is 0.354. The number of carbonyl (C=O) groups is 1. The van der Waals surface area contributed by atoms with Crippen LogP contribution in [0.2, 0.25) is 0 Å². The first kappa shape index (κ1) is 29.4. The number of aliphatic hydroxyl groups excluding tert-OH is 1. The molecule has 5 rings (SSSR count). The number of aromatic nitrogens is 1. The Balaban J connectivity index is 1.52. The molecule has 3 atom stereocenters. The number of rotatable bonds is 9. The van der Waals surface area contributed by atoms with Gasteiger partial charge in [-0.1, -0.05) is 26.0 Å². The van der Waals surface area contributed by atoms with Crippen molar-refractivity contribution in [3.05, 3.63) is 75.5 Å². The molecule has 1 aliphatic heterocycles. The van der Waals surface area contributed by atoms with Crippen LogP contribution >= 0.6 is 0 Å². The van der Waals surface area contributed by atoms with Crippen LogP contribution in [0.4, 0.5) is 4.39 Å². The first-order valence-corrected chi connectivity index (χ1v) is 15.4. The number of nitrogens with one attached hydrogen (secondary N) is 1. The van der Waals surface area contributed by atoms with Crippen LogP contribution in [0.25, 0.3) is 10.8 Å². The van der Waals surface area contributed by atoms with E-state index >= 15 is 0 Å². The van der Waals surface area contributed by atoms with Gasteiger partial charge in [0.25, 0.3) is 11.5 Å². The molecule has 9 nitrogen and oxygen atoms in total. The van der Waals surface area contributed by atoms with Crippen molar-refractivity contribution in [2.45, 2.75) is 69.5 Å². The van der Waals surface area contributed by atoms with Gasteiger partial charge in [0.2, 0.25) is 10.0 Å². The van der Waals surface area contributed by atoms with E-state index in [0.717, 1.165) is 5.56 Å². The van der Waals surface area contributed by atoms with Gasteiger partial charge in [-0.3, -0.25) is 9.59 Å². The number of nitrogens with zero attached hydrogens (tertiary/aromatic N) is 2. The number of nitrogens with two attached hydrogens (primary N) is 1. The second-order valence-corrected chi connectivity index (χ2v) is 13.9. The zero-order valence-corrected chi connectivity index (χ0v) is 24.4. The standard InChI is InChI=1S/C30H37FN4O5S/c1-18-6-7-20(12-25(18)31)28(37)33-26-13-23(26)19-8-9-22-24(11-19)27(15-34(29(22)38)16-30(2,3)17-36)41(39,40)35-10-4-5-21(35)14-32/h6-9,11-12,15,21,23,26,36H,4-5,10,13-14,16-17,32H2,1-3H3,(H,33,37)/t21-,23?,26?/m1/s1. The zero-order valence-electron chi connectivity index (χ0n) is 23.6. The minimum absolute atomic E-state index is 0.0272. The summed E-state index contributed by atoms with van der Waals surface area (Å²) in [4.78, 5) is 26.3. The minimum Gasteiger partial charge on any atom is -0.396 e. The normalized spacial score (nSPS) is 21.4. The molecule has 220 valence electrons. The number of fused-ring (bicyclic) bond motifs is 1. The maximum atomic E-state index is 14.0. The van der Waals surface area contributed by atoms with Crippen molar-refractivity contribution >= 4 is 26.7 Å². The van der Waals surface area contributed by atoms with Crippen LogP contribution < -0.4 is 16.6 Å². The number of sulfonamides is 1. The van der Waals surface area contributed by atoms with Crippen molar-refractivity contribution in [3.63, 3.8) is 0 Å². The molecular weight excluding hydrogens is 547 g/mol. The molecule has 0 radical (unpaired) electrons. The number of hydrogen-bond donors (Lipinski definition) is 3. The van der Waals surface area contributed by atoms with Gasteiger partial charge >= 0.3 is 0 Å². The maximum absolute atomic E-state index is 14.0. The molecule has 1 saturated heterocycles. The molecule has 1 aliphatic carbocycles. The van der Waals surface area contributed by atoms with Crippen LogP contribution in [-0.2, 0) is 16.6 Å². The molecule has 2 unspecified atom stereocenters. The highest BCUT2D eigenvalue weighted by molar-refractivity contribution is 7.89. The van der Waals surface area contributed by atoms with Crippen LogP contribution in [0.5, 0.6) is 0 Å². The number of aryl methyl sites for hydroxylation is 1. The van der Waals surface area contributed by atoms with Crippen LogP contribution in [0, 0.1) is 18.2 Å². The van der Waals surface area contributed by atoms with Crippen LogP contribution in [-0.4, -0.2) is 60.1 Å². The lowest BCUT2D eigenvalue weighted by molar-refractivity contribution is 0.0950. The van der Waals surface area contributed by atoms with E-state index in [9.17, 15) is 27.5 Å². The summed E-state index contributed by atoms with van der Waals surface area (Å²) in [5, 5.41) is 13.3. The average molecular weight is 585 g/mol. The predicted molar refractivity (Wildman–Crippen MR) is 155 cm³/mol. The zero-order chi connectivity index (χ0) is 29.7. The topological polar surface area (TPSA) is 135 Å². The average Bonchev–Trinajstić information content (AvgIpc) is 3.52. The Kier molecular flexibility index (Phi) is 7.84. The van der Waals surface area contributed by atoms with E-state index in [1.165, 1.54) is 21.1 Å². The van der Waals surface area contributed by atoms with Crippen LogP contribution in [0.3, 0.4) is 0 Å². The number of aliphatic hydroxyl groups is 1. The fourth-order valence-electron chi connectivity index (χ4n) is 5.64. The lowest BCUT2D eigenvalue weighted by Gasteiger charge is -2.26. The Hall–Kier alpha value is -3.12. The number of benzene rings is 2. The van der Waals surface area contributed by atoms with Crippen molar-refractivity contribution < 1.29 is 22.7 Å². The summed E-state index contributed by atoms with van der Waals surface area (Å²) in [7, 11) is -4.00. The van der Waals surface area contributed by atoms with Crippen molar-refractivity contribution in [2.75, 3.05) is 19.7 Å². The molecule has 1 saturated carbocycles. The van der Waals surface area contributed by atoms with Crippen molar-refractivity contribution in [1.29, 1.82) is 0 Å². The number of hydrogen-bond acceptors (Lipinski definition) is 6. The first-order chi connectivity index (χ1) is 19.4. The van der Waals surface area contributed by atoms with E-state index < -0.39 is 21.3 Å². The molecule has 2 aliphatic rings. The van der Waals surface area contributed by atoms with Gasteiger partial charge in [-0.2, -0.15) is 4.31 Å². The fraction of sp³-hybridized carbons (Fsp3) is 0.467. The fourth-order valence-corrected chi connectivity index (χ4v) is 7.55. The number of carbonyl (C=O) groups excluding carboxylic acids is 1. The van der Waals surface area contributed by atoms with Crippen molar-refractivity contribution in [3.8, 4) is 0 Å². The van der Waals surface area contributed by atoms with E-state index in [-0.39, 0.29) is 65.0 Å². The van der Waals surface area contributed by atoms with E-state index in [1.54, 1.807) is 51.1 Å². The van der Waals surface area contributed by atoms with E-state index in [2.05, 4.69) is 5.32 Å². The van der Waals surface area contributed by atoms with E-state index in [4.69, 9.17) is 5.73 Å². The third-order valence-corrected chi connectivity index (χ3v) is 10.2. The van der Waals surface area contributed by atoms with Gasteiger partial charge in [-0.15, -0.1) is 0 Å². The van der Waals surface area contributed by atoms with Crippen molar-refractivity contribution in [1.82, 2.24) is 14.2 Å². The number of amides is 1. The molecule has 1 aromatic heterocycles. The second kappa shape index (κ2) is 10.9. The summed E-state index contributed by atoms with van der Waals surface area (Å²) in [6.45, 7) is 5.75. The monoisotopic (exact) mass is 584 g/mol. The SMILES string of the molecule is Cc1ccc(C(=O)NC2CC2c2ccc3c(=O)n(CC(C)(C)CO)cc(S(=O)(=O)N4CCC[C@@H]4CN)c3c2)cc1F. The van der Waals surface area contributed by atoms with E-state index in [1.807, 2.05) is 0 Å². The van der Waals surface area contributed by atoms with Gasteiger partial charge in [-0.25, -0.2) is 12.8 Å². The molecule has 1 amide bonds. The number of halogens is 1. The van der Waals surface area contributed by atoms with E-state index in [0.29, 0.717) is 36.8 Å². The van der Waals surface area contributed by atoms with Gasteiger partial charge in [0.15, 0.2) is 0 Å². The molecule has 4 N–H and O–H groups in total. The largest absolute Gasteiger partial charge is 0.396 e. The molecular formula is C30H37FN4O5S. The van der Waals surface area contributed by atoms with Gasteiger partial charge in [0.1, 0.15) is 10.7 Å². The molecule has 2 fully saturated rings. The lowest BCUT2D eigenvalue weighted by atomic mass is 9.94. The summed E-state index contributed by atoms with van der Waals surface area (Å²) >= 11 is 0. The highest BCUT2D eigenvalue weighted by Gasteiger charge is 2.41. The molecule has 2 aromatic carbocycles. The lowest BCUT2D eigenvalue weighted by Crippen LogP contribution is -2.40.